The van der Waals surface area contributed by atoms with Crippen molar-refractivity contribution in [2.24, 2.45) is 0 Å². The summed E-state index contributed by atoms with van der Waals surface area (Å²) in [5, 5.41) is 3.11. The molecule has 0 aliphatic carbocycles. The van der Waals surface area contributed by atoms with Crippen LogP contribution in [0.5, 0.6) is 0 Å². The summed E-state index contributed by atoms with van der Waals surface area (Å²) in [6.07, 6.45) is 1.96. The van der Waals surface area contributed by atoms with E-state index in [2.05, 4.69) is 34.5 Å². The fourth-order valence-electron chi connectivity index (χ4n) is 2.97. The maximum Gasteiger partial charge on any atom is 0.251 e. The zero-order valence-electron chi connectivity index (χ0n) is 13.2. The Morgan fingerprint density at radius 1 is 1.04 bits per heavy atom. The van der Waals surface area contributed by atoms with E-state index in [-0.39, 0.29) is 11.9 Å². The number of hydrogen-bond acceptors (Lipinski definition) is 2. The van der Waals surface area contributed by atoms with Crippen LogP contribution >= 0.6 is 0 Å². The van der Waals surface area contributed by atoms with Gasteiger partial charge in [0, 0.05) is 31.2 Å². The lowest BCUT2D eigenvalue weighted by molar-refractivity contribution is 0.0909. The van der Waals surface area contributed by atoms with Crippen molar-refractivity contribution >= 4 is 11.6 Å². The van der Waals surface area contributed by atoms with Gasteiger partial charge < -0.3 is 11.1 Å². The van der Waals surface area contributed by atoms with Crippen LogP contribution in [0, 0.1) is 0 Å². The molecule has 1 fully saturated rings. The van der Waals surface area contributed by atoms with Crippen molar-refractivity contribution in [1.29, 1.82) is 0 Å². The van der Waals surface area contributed by atoms with Gasteiger partial charge in [0.05, 0.1) is 5.69 Å². The van der Waals surface area contributed by atoms with Crippen molar-refractivity contribution in [2.75, 3.05) is 13.1 Å². The Kier molecular flexibility index (Phi) is 4.93. The van der Waals surface area contributed by atoms with Crippen LogP contribution in [0.1, 0.15) is 28.8 Å². The lowest BCUT2D eigenvalue weighted by Crippen LogP contribution is -2.44. The molecule has 0 atom stereocenters. The average molecular weight is 308 g/mol. The van der Waals surface area contributed by atoms with Gasteiger partial charge in [0.2, 0.25) is 0 Å². The summed E-state index contributed by atoms with van der Waals surface area (Å²) in [4.78, 5) is 14.6. The van der Waals surface area contributed by atoms with Crippen LogP contribution in [-0.4, -0.2) is 29.9 Å². The van der Waals surface area contributed by atoms with Crippen LogP contribution < -0.4 is 11.1 Å². The summed E-state index contributed by atoms with van der Waals surface area (Å²) in [7, 11) is 0. The first kappa shape index (κ1) is 15.6. The minimum Gasteiger partial charge on any atom is -0.349 e. The van der Waals surface area contributed by atoms with E-state index in [4.69, 9.17) is 5.73 Å². The zero-order valence-corrected chi connectivity index (χ0v) is 13.2. The molecule has 2 aromatic rings. The molecule has 1 aliphatic heterocycles. The molecule has 1 amide bonds. The molecule has 1 radical (unpaired) electrons. The molecule has 119 valence electrons. The number of carbonyl (C=O) groups is 1. The van der Waals surface area contributed by atoms with E-state index in [0.717, 1.165) is 32.5 Å². The molecule has 4 nitrogen and oxygen atoms in total. The van der Waals surface area contributed by atoms with Crippen LogP contribution in [0.25, 0.3) is 0 Å². The third kappa shape index (κ3) is 4.33. The molecule has 23 heavy (non-hydrogen) atoms. The van der Waals surface area contributed by atoms with Crippen LogP contribution in [0.3, 0.4) is 0 Å². The summed E-state index contributed by atoms with van der Waals surface area (Å²) in [6, 6.07) is 17.5. The highest BCUT2D eigenvalue weighted by Gasteiger charge is 2.21. The van der Waals surface area contributed by atoms with Crippen molar-refractivity contribution in [3.05, 3.63) is 65.7 Å². The van der Waals surface area contributed by atoms with E-state index in [9.17, 15) is 4.79 Å². The first-order chi connectivity index (χ1) is 11.2. The van der Waals surface area contributed by atoms with E-state index in [1.165, 1.54) is 5.56 Å². The Morgan fingerprint density at radius 3 is 2.35 bits per heavy atom. The van der Waals surface area contributed by atoms with Gasteiger partial charge in [-0.1, -0.05) is 30.3 Å². The summed E-state index contributed by atoms with van der Waals surface area (Å²) in [6.45, 7) is 2.99. The molecule has 1 aliphatic rings. The quantitative estimate of drug-likeness (QED) is 0.944. The first-order valence-corrected chi connectivity index (χ1v) is 8.09. The Balaban J connectivity index is 1.47. The molecule has 3 rings (SSSR count). The van der Waals surface area contributed by atoms with E-state index < -0.39 is 0 Å². The van der Waals surface area contributed by atoms with Gasteiger partial charge in [0.15, 0.2) is 0 Å². The van der Waals surface area contributed by atoms with Crippen molar-refractivity contribution in [3.8, 4) is 0 Å². The SMILES string of the molecule is [NH]c1ccc(C(=O)NC2CCN(Cc3ccccc3)CC2)cc1. The first-order valence-electron chi connectivity index (χ1n) is 8.09. The number of amides is 1. The van der Waals surface area contributed by atoms with E-state index in [1.807, 2.05) is 6.07 Å². The van der Waals surface area contributed by atoms with Gasteiger partial charge in [-0.3, -0.25) is 9.69 Å². The molecule has 0 unspecified atom stereocenters. The Hall–Kier alpha value is -2.33. The highest BCUT2D eigenvalue weighted by molar-refractivity contribution is 5.94. The fourth-order valence-corrected chi connectivity index (χ4v) is 2.97. The van der Waals surface area contributed by atoms with Gasteiger partial charge >= 0.3 is 0 Å². The largest absolute Gasteiger partial charge is 0.349 e. The second kappa shape index (κ2) is 7.29. The monoisotopic (exact) mass is 308 g/mol. The van der Waals surface area contributed by atoms with Gasteiger partial charge in [-0.2, -0.15) is 0 Å². The number of benzene rings is 2. The van der Waals surface area contributed by atoms with Crippen LogP contribution in [0.15, 0.2) is 54.6 Å². The molecule has 1 heterocycles. The van der Waals surface area contributed by atoms with Crippen LogP contribution in [0.2, 0.25) is 0 Å². The third-order valence-corrected chi connectivity index (χ3v) is 4.32. The van der Waals surface area contributed by atoms with Gasteiger partial charge in [-0.25, -0.2) is 0 Å². The average Bonchev–Trinajstić information content (AvgIpc) is 2.58. The molecule has 2 aromatic carbocycles. The van der Waals surface area contributed by atoms with Gasteiger partial charge in [-0.05, 0) is 42.7 Å². The predicted octanol–water partition coefficient (Wildman–Crippen LogP) is 3.00. The Morgan fingerprint density at radius 2 is 1.70 bits per heavy atom. The third-order valence-electron chi connectivity index (χ3n) is 4.32. The van der Waals surface area contributed by atoms with Crippen molar-refractivity contribution in [1.82, 2.24) is 16.0 Å². The van der Waals surface area contributed by atoms with Gasteiger partial charge in [0.25, 0.3) is 5.91 Å². The number of carbonyl (C=O) groups excluding carboxylic acids is 1. The lowest BCUT2D eigenvalue weighted by Gasteiger charge is -2.32. The van der Waals surface area contributed by atoms with E-state index in [1.54, 1.807) is 24.3 Å². The molecule has 0 saturated carbocycles. The highest BCUT2D eigenvalue weighted by atomic mass is 16.1. The zero-order chi connectivity index (χ0) is 16.1. The summed E-state index contributed by atoms with van der Waals surface area (Å²) in [5.74, 6) is -0.0356. The van der Waals surface area contributed by atoms with Crippen LogP contribution in [-0.2, 0) is 6.54 Å². The lowest BCUT2D eigenvalue weighted by atomic mass is 10.0. The maximum atomic E-state index is 12.2. The highest BCUT2D eigenvalue weighted by Crippen LogP contribution is 2.15. The summed E-state index contributed by atoms with van der Waals surface area (Å²) < 4.78 is 0. The number of likely N-dealkylation sites (tertiary alicyclic amines) is 1. The maximum absolute atomic E-state index is 12.2. The molecule has 4 heteroatoms. The van der Waals surface area contributed by atoms with Crippen molar-refractivity contribution in [3.63, 3.8) is 0 Å². The minimum atomic E-state index is -0.0356. The molecule has 2 N–H and O–H groups in total. The second-order valence-electron chi connectivity index (χ2n) is 6.09. The molecule has 0 spiro atoms. The smallest absolute Gasteiger partial charge is 0.251 e. The number of nitrogens with zero attached hydrogens (tertiary/aromatic N) is 1. The van der Waals surface area contributed by atoms with Crippen molar-refractivity contribution < 1.29 is 4.79 Å². The predicted molar refractivity (Wildman–Crippen MR) is 91.4 cm³/mol. The van der Waals surface area contributed by atoms with Crippen molar-refractivity contribution in [2.45, 2.75) is 25.4 Å². The molecule has 0 bridgehead atoms. The summed E-state index contributed by atoms with van der Waals surface area (Å²) in [5.41, 5.74) is 9.86. The van der Waals surface area contributed by atoms with E-state index >= 15 is 0 Å². The molecular weight excluding hydrogens is 286 g/mol. The number of hydrogen-bond donors (Lipinski definition) is 1. The number of rotatable bonds is 4. The van der Waals surface area contributed by atoms with Gasteiger partial charge in [-0.15, -0.1) is 0 Å². The Labute approximate surface area is 137 Å². The van der Waals surface area contributed by atoms with E-state index in [0.29, 0.717) is 11.3 Å². The summed E-state index contributed by atoms with van der Waals surface area (Å²) >= 11 is 0. The normalized spacial score (nSPS) is 16.2. The fraction of sp³-hybridized carbons (Fsp3) is 0.316. The molecule has 1 saturated heterocycles. The second-order valence-corrected chi connectivity index (χ2v) is 6.09. The van der Waals surface area contributed by atoms with Crippen LogP contribution in [0.4, 0.5) is 5.69 Å². The molecular formula is C19H22N3O. The Bertz CT molecular complexity index is 631. The molecule has 0 aromatic heterocycles. The standard InChI is InChI=1S/C19H22N3O/c20-17-8-6-16(7-9-17)19(23)21-18-10-12-22(13-11-18)14-15-4-2-1-3-5-15/h1-9,18,20H,10-14H2,(H,21,23). The van der Waals surface area contributed by atoms with Gasteiger partial charge in [0.1, 0.15) is 0 Å². The topological polar surface area (TPSA) is 56.1 Å². The number of piperidine rings is 1. The number of nitrogens with one attached hydrogen (secondary N) is 2. The minimum absolute atomic E-state index is 0.0356.